The van der Waals surface area contributed by atoms with Crippen molar-refractivity contribution in [3.8, 4) is 0 Å². The molecule has 0 radical (unpaired) electrons. The first-order chi connectivity index (χ1) is 10.0. The van der Waals surface area contributed by atoms with Crippen LogP contribution in [0.2, 0.25) is 0 Å². The molecule has 0 aliphatic carbocycles. The summed E-state index contributed by atoms with van der Waals surface area (Å²) < 4.78 is 15.1. The molecule has 1 aromatic carbocycles. The topological polar surface area (TPSA) is 55.1 Å². The SMILES string of the molecule is CCC(C)n1ccc(CC(C(=O)O)c2cccc(F)c2)n1. The quantitative estimate of drug-likeness (QED) is 0.887. The molecular weight excluding hydrogens is 271 g/mol. The van der Waals surface area contributed by atoms with E-state index < -0.39 is 17.7 Å². The maximum atomic E-state index is 13.3. The fraction of sp³-hybridized carbons (Fsp3) is 0.375. The van der Waals surface area contributed by atoms with Crippen LogP contribution < -0.4 is 0 Å². The lowest BCUT2D eigenvalue weighted by Crippen LogP contribution is -2.15. The largest absolute Gasteiger partial charge is 0.481 e. The van der Waals surface area contributed by atoms with Crippen molar-refractivity contribution >= 4 is 5.97 Å². The van der Waals surface area contributed by atoms with Gasteiger partial charge < -0.3 is 5.11 Å². The Labute approximate surface area is 123 Å². The molecule has 0 aliphatic heterocycles. The Morgan fingerprint density at radius 2 is 2.19 bits per heavy atom. The van der Waals surface area contributed by atoms with Crippen LogP contribution in [-0.4, -0.2) is 20.9 Å². The van der Waals surface area contributed by atoms with Crippen molar-refractivity contribution in [3.05, 3.63) is 53.6 Å². The number of carboxylic acid groups (broad SMARTS) is 1. The molecule has 4 nitrogen and oxygen atoms in total. The lowest BCUT2D eigenvalue weighted by Gasteiger charge is -2.12. The third-order valence-corrected chi connectivity index (χ3v) is 3.67. The number of benzene rings is 1. The molecule has 21 heavy (non-hydrogen) atoms. The molecule has 5 heteroatoms. The molecule has 1 aromatic heterocycles. The highest BCUT2D eigenvalue weighted by molar-refractivity contribution is 5.76. The normalized spacial score (nSPS) is 13.9. The van der Waals surface area contributed by atoms with Gasteiger partial charge in [0.2, 0.25) is 0 Å². The number of nitrogens with zero attached hydrogens (tertiary/aromatic N) is 2. The van der Waals surface area contributed by atoms with E-state index in [4.69, 9.17) is 0 Å². The maximum absolute atomic E-state index is 13.3. The minimum atomic E-state index is -0.973. The van der Waals surface area contributed by atoms with Crippen LogP contribution in [0.4, 0.5) is 4.39 Å². The van der Waals surface area contributed by atoms with E-state index in [1.54, 1.807) is 6.07 Å². The van der Waals surface area contributed by atoms with Crippen molar-refractivity contribution in [1.82, 2.24) is 9.78 Å². The molecule has 1 heterocycles. The molecule has 0 bridgehead atoms. The number of aromatic nitrogens is 2. The Kier molecular flexibility index (Phi) is 4.73. The van der Waals surface area contributed by atoms with E-state index in [2.05, 4.69) is 18.9 Å². The summed E-state index contributed by atoms with van der Waals surface area (Å²) in [6, 6.07) is 7.83. The molecule has 2 atom stereocenters. The fourth-order valence-corrected chi connectivity index (χ4v) is 2.20. The van der Waals surface area contributed by atoms with Crippen LogP contribution in [0.15, 0.2) is 36.5 Å². The molecule has 0 saturated carbocycles. The third kappa shape index (κ3) is 3.68. The second-order valence-electron chi connectivity index (χ2n) is 5.19. The fourth-order valence-electron chi connectivity index (χ4n) is 2.20. The summed E-state index contributed by atoms with van der Waals surface area (Å²) in [4.78, 5) is 11.5. The zero-order chi connectivity index (χ0) is 15.4. The van der Waals surface area contributed by atoms with Gasteiger partial charge in [-0.25, -0.2) is 4.39 Å². The van der Waals surface area contributed by atoms with Crippen LogP contribution in [0.5, 0.6) is 0 Å². The van der Waals surface area contributed by atoms with Gasteiger partial charge in [-0.05, 0) is 37.1 Å². The molecule has 2 aromatic rings. The number of hydrogen-bond donors (Lipinski definition) is 1. The molecule has 2 rings (SSSR count). The molecule has 0 amide bonds. The van der Waals surface area contributed by atoms with Gasteiger partial charge >= 0.3 is 5.97 Å². The second kappa shape index (κ2) is 6.52. The lowest BCUT2D eigenvalue weighted by molar-refractivity contribution is -0.138. The number of aliphatic carboxylic acids is 1. The number of rotatable bonds is 6. The number of hydrogen-bond acceptors (Lipinski definition) is 2. The summed E-state index contributed by atoms with van der Waals surface area (Å²) in [6.45, 7) is 4.12. The summed E-state index contributed by atoms with van der Waals surface area (Å²) in [7, 11) is 0. The molecule has 0 fully saturated rings. The van der Waals surface area contributed by atoms with Gasteiger partial charge in [0.05, 0.1) is 11.6 Å². The van der Waals surface area contributed by atoms with Crippen molar-refractivity contribution < 1.29 is 14.3 Å². The monoisotopic (exact) mass is 290 g/mol. The Hall–Kier alpha value is -2.17. The Balaban J connectivity index is 2.21. The van der Waals surface area contributed by atoms with Crippen LogP contribution >= 0.6 is 0 Å². The average molecular weight is 290 g/mol. The van der Waals surface area contributed by atoms with E-state index in [1.807, 2.05) is 16.9 Å². The zero-order valence-electron chi connectivity index (χ0n) is 12.2. The van der Waals surface area contributed by atoms with Gasteiger partial charge in [-0.15, -0.1) is 0 Å². The van der Waals surface area contributed by atoms with Gasteiger partial charge in [0.25, 0.3) is 0 Å². The van der Waals surface area contributed by atoms with E-state index in [1.165, 1.54) is 18.2 Å². The summed E-state index contributed by atoms with van der Waals surface area (Å²) in [5, 5.41) is 13.8. The highest BCUT2D eigenvalue weighted by atomic mass is 19.1. The average Bonchev–Trinajstić information content (AvgIpc) is 2.92. The molecular formula is C16H19FN2O2. The number of carboxylic acids is 1. The lowest BCUT2D eigenvalue weighted by atomic mass is 9.94. The Morgan fingerprint density at radius 1 is 1.43 bits per heavy atom. The Morgan fingerprint density at radius 3 is 2.81 bits per heavy atom. The van der Waals surface area contributed by atoms with Crippen molar-refractivity contribution in [2.75, 3.05) is 0 Å². The predicted octanol–water partition coefficient (Wildman–Crippen LogP) is 3.40. The van der Waals surface area contributed by atoms with Crippen molar-refractivity contribution in [1.29, 1.82) is 0 Å². The Bertz CT molecular complexity index is 624. The molecule has 2 unspecified atom stereocenters. The summed E-state index contributed by atoms with van der Waals surface area (Å²) >= 11 is 0. The van der Waals surface area contributed by atoms with Gasteiger partial charge in [-0.2, -0.15) is 5.10 Å². The maximum Gasteiger partial charge on any atom is 0.311 e. The third-order valence-electron chi connectivity index (χ3n) is 3.67. The standard InChI is InChI=1S/C16H19FN2O2/c1-3-11(2)19-8-7-14(18-19)10-15(16(20)21)12-5-4-6-13(17)9-12/h4-9,11,15H,3,10H2,1-2H3,(H,20,21). The summed E-state index contributed by atoms with van der Waals surface area (Å²) in [5.74, 6) is -2.19. The van der Waals surface area contributed by atoms with Crippen molar-refractivity contribution in [3.63, 3.8) is 0 Å². The van der Waals surface area contributed by atoms with Crippen molar-refractivity contribution in [2.45, 2.75) is 38.6 Å². The van der Waals surface area contributed by atoms with Crippen LogP contribution in [0.3, 0.4) is 0 Å². The van der Waals surface area contributed by atoms with Crippen LogP contribution in [0.1, 0.15) is 43.5 Å². The first-order valence-corrected chi connectivity index (χ1v) is 7.03. The molecule has 0 spiro atoms. The van der Waals surface area contributed by atoms with Crippen molar-refractivity contribution in [2.24, 2.45) is 0 Å². The summed E-state index contributed by atoms with van der Waals surface area (Å²) in [6.07, 6.45) is 3.06. The van der Waals surface area contributed by atoms with Crippen LogP contribution in [-0.2, 0) is 11.2 Å². The highest BCUT2D eigenvalue weighted by Crippen LogP contribution is 2.22. The molecule has 1 N–H and O–H groups in total. The molecule has 112 valence electrons. The van der Waals surface area contributed by atoms with E-state index >= 15 is 0 Å². The first kappa shape index (κ1) is 15.2. The number of halogens is 1. The van der Waals surface area contributed by atoms with Crippen LogP contribution in [0, 0.1) is 5.82 Å². The summed E-state index contributed by atoms with van der Waals surface area (Å²) in [5.41, 5.74) is 1.16. The van der Waals surface area contributed by atoms with E-state index in [0.717, 1.165) is 6.42 Å². The van der Waals surface area contributed by atoms with Crippen LogP contribution in [0.25, 0.3) is 0 Å². The van der Waals surface area contributed by atoms with Gasteiger partial charge in [0.15, 0.2) is 0 Å². The smallest absolute Gasteiger partial charge is 0.311 e. The highest BCUT2D eigenvalue weighted by Gasteiger charge is 2.22. The first-order valence-electron chi connectivity index (χ1n) is 7.03. The second-order valence-corrected chi connectivity index (χ2v) is 5.19. The van der Waals surface area contributed by atoms with E-state index in [9.17, 15) is 14.3 Å². The van der Waals surface area contributed by atoms with Gasteiger partial charge in [-0.3, -0.25) is 9.48 Å². The predicted molar refractivity (Wildman–Crippen MR) is 77.7 cm³/mol. The number of carbonyl (C=O) groups is 1. The molecule has 0 aliphatic rings. The zero-order valence-corrected chi connectivity index (χ0v) is 12.2. The molecule has 0 saturated heterocycles. The van der Waals surface area contributed by atoms with Gasteiger partial charge in [-0.1, -0.05) is 19.1 Å². The van der Waals surface area contributed by atoms with Gasteiger partial charge in [0.1, 0.15) is 5.82 Å². The van der Waals surface area contributed by atoms with E-state index in [0.29, 0.717) is 11.3 Å². The van der Waals surface area contributed by atoms with E-state index in [-0.39, 0.29) is 12.5 Å². The minimum Gasteiger partial charge on any atom is -0.481 e. The minimum absolute atomic E-state index is 0.252. The van der Waals surface area contributed by atoms with Gasteiger partial charge in [0, 0.05) is 18.7 Å².